The zero-order valence-corrected chi connectivity index (χ0v) is 17.7. The van der Waals surface area contributed by atoms with Gasteiger partial charge >= 0.3 is 0 Å². The number of benzene rings is 1. The van der Waals surface area contributed by atoms with Crippen LogP contribution in [0.5, 0.6) is 0 Å². The number of hydrogen-bond donors (Lipinski definition) is 1. The molecule has 2 aliphatic rings. The molecule has 0 aromatic heterocycles. The van der Waals surface area contributed by atoms with Gasteiger partial charge in [-0.2, -0.15) is 4.31 Å². The average Bonchev–Trinajstić information content (AvgIpc) is 2.67. The first-order chi connectivity index (χ1) is 12.8. The molecule has 2 fully saturated rings. The first kappa shape index (κ1) is 20.8. The third-order valence-corrected chi connectivity index (χ3v) is 7.75. The predicted molar refractivity (Wildman–Crippen MR) is 108 cm³/mol. The van der Waals surface area contributed by atoms with Gasteiger partial charge in [0, 0.05) is 25.8 Å². The van der Waals surface area contributed by atoms with E-state index in [4.69, 9.17) is 4.74 Å². The van der Waals surface area contributed by atoms with Gasteiger partial charge < -0.3 is 10.1 Å². The summed E-state index contributed by atoms with van der Waals surface area (Å²) in [6.45, 7) is 10.3. The summed E-state index contributed by atoms with van der Waals surface area (Å²) in [6, 6.07) is 7.58. The van der Waals surface area contributed by atoms with Crippen molar-refractivity contribution < 1.29 is 13.2 Å². The summed E-state index contributed by atoms with van der Waals surface area (Å²) in [5.41, 5.74) is 1.17. The van der Waals surface area contributed by atoms with Crippen molar-refractivity contribution in [1.82, 2.24) is 9.62 Å². The number of piperidine rings is 1. The van der Waals surface area contributed by atoms with Crippen molar-refractivity contribution in [2.45, 2.75) is 62.8 Å². The van der Waals surface area contributed by atoms with E-state index in [9.17, 15) is 8.42 Å². The second-order valence-electron chi connectivity index (χ2n) is 8.89. The Labute approximate surface area is 164 Å². The molecule has 0 saturated carbocycles. The Morgan fingerprint density at radius 1 is 1.04 bits per heavy atom. The lowest BCUT2D eigenvalue weighted by Crippen LogP contribution is -2.48. The molecule has 0 unspecified atom stereocenters. The highest BCUT2D eigenvalue weighted by atomic mass is 32.2. The van der Waals surface area contributed by atoms with Crippen molar-refractivity contribution in [3.63, 3.8) is 0 Å². The molecule has 0 aliphatic carbocycles. The van der Waals surface area contributed by atoms with E-state index in [1.165, 1.54) is 0 Å². The van der Waals surface area contributed by atoms with Gasteiger partial charge in [0.2, 0.25) is 10.0 Å². The fraction of sp³-hybridized carbons (Fsp3) is 0.714. The van der Waals surface area contributed by atoms with Gasteiger partial charge in [-0.15, -0.1) is 0 Å². The largest absolute Gasteiger partial charge is 0.381 e. The number of sulfonamides is 1. The lowest BCUT2D eigenvalue weighted by atomic mass is 9.87. The molecule has 3 rings (SSSR count). The van der Waals surface area contributed by atoms with Crippen LogP contribution in [0, 0.1) is 5.92 Å². The maximum atomic E-state index is 13.5. The van der Waals surface area contributed by atoms with Crippen molar-refractivity contribution in [1.29, 1.82) is 0 Å². The van der Waals surface area contributed by atoms with Crippen molar-refractivity contribution in [2.75, 3.05) is 32.8 Å². The summed E-state index contributed by atoms with van der Waals surface area (Å²) in [6.07, 6.45) is 3.64. The van der Waals surface area contributed by atoms with E-state index in [0.29, 0.717) is 17.4 Å². The summed E-state index contributed by atoms with van der Waals surface area (Å²) in [5, 5.41) is 3.35. The Morgan fingerprint density at radius 2 is 1.63 bits per heavy atom. The third-order valence-electron chi connectivity index (χ3n) is 5.82. The maximum Gasteiger partial charge on any atom is 0.243 e. The SMILES string of the molecule is CC(C)(C)c1ccc(S(=O)(=O)N(CC2CCOCC2)C2CCNCC2)cc1. The van der Waals surface area contributed by atoms with Crippen LogP contribution in [0.1, 0.15) is 52.0 Å². The fourth-order valence-electron chi connectivity index (χ4n) is 3.98. The Balaban J connectivity index is 1.86. The van der Waals surface area contributed by atoms with Gasteiger partial charge in [0.15, 0.2) is 0 Å². The van der Waals surface area contributed by atoms with Crippen molar-refractivity contribution in [3.05, 3.63) is 29.8 Å². The van der Waals surface area contributed by atoms with Gasteiger partial charge in [0.25, 0.3) is 0 Å². The summed E-state index contributed by atoms with van der Waals surface area (Å²) >= 11 is 0. The topological polar surface area (TPSA) is 58.6 Å². The minimum Gasteiger partial charge on any atom is -0.381 e. The number of nitrogens with zero attached hydrogens (tertiary/aromatic N) is 1. The molecule has 2 saturated heterocycles. The second kappa shape index (κ2) is 8.60. The van der Waals surface area contributed by atoms with Gasteiger partial charge in [0.05, 0.1) is 4.90 Å². The van der Waals surface area contributed by atoms with E-state index < -0.39 is 10.0 Å². The molecule has 0 amide bonds. The van der Waals surface area contributed by atoms with Crippen LogP contribution in [-0.2, 0) is 20.2 Å². The van der Waals surface area contributed by atoms with E-state index in [0.717, 1.165) is 57.6 Å². The van der Waals surface area contributed by atoms with E-state index in [2.05, 4.69) is 26.1 Å². The Hall–Kier alpha value is -0.950. The van der Waals surface area contributed by atoms with Gasteiger partial charge in [-0.3, -0.25) is 0 Å². The molecule has 152 valence electrons. The van der Waals surface area contributed by atoms with Crippen LogP contribution in [-0.4, -0.2) is 51.6 Å². The molecule has 0 atom stereocenters. The highest BCUT2D eigenvalue weighted by Crippen LogP contribution is 2.29. The average molecular weight is 395 g/mol. The molecule has 0 bridgehead atoms. The molecule has 0 spiro atoms. The van der Waals surface area contributed by atoms with Crippen LogP contribution >= 0.6 is 0 Å². The van der Waals surface area contributed by atoms with E-state index in [1.807, 2.05) is 12.1 Å². The molecular formula is C21H34N2O3S. The van der Waals surface area contributed by atoms with Crippen LogP contribution < -0.4 is 5.32 Å². The molecule has 1 aromatic rings. The zero-order valence-electron chi connectivity index (χ0n) is 16.9. The van der Waals surface area contributed by atoms with Crippen LogP contribution in [0.4, 0.5) is 0 Å². The van der Waals surface area contributed by atoms with Crippen LogP contribution in [0.25, 0.3) is 0 Å². The fourth-order valence-corrected chi connectivity index (χ4v) is 5.75. The summed E-state index contributed by atoms with van der Waals surface area (Å²) < 4.78 is 34.3. The number of ether oxygens (including phenoxy) is 1. The second-order valence-corrected chi connectivity index (χ2v) is 10.8. The highest BCUT2D eigenvalue weighted by Gasteiger charge is 2.34. The Bertz CT molecular complexity index is 698. The normalized spacial score (nSPS) is 20.9. The number of rotatable bonds is 5. The van der Waals surface area contributed by atoms with Crippen LogP contribution in [0.2, 0.25) is 0 Å². The summed E-state index contributed by atoms with van der Waals surface area (Å²) in [7, 11) is -3.50. The van der Waals surface area contributed by atoms with Crippen LogP contribution in [0.3, 0.4) is 0 Å². The summed E-state index contributed by atoms with van der Waals surface area (Å²) in [5.74, 6) is 0.386. The van der Waals surface area contributed by atoms with Gasteiger partial charge in [-0.05, 0) is 67.8 Å². The molecule has 27 heavy (non-hydrogen) atoms. The predicted octanol–water partition coefficient (Wildman–Crippen LogP) is 3.15. The monoisotopic (exact) mass is 394 g/mol. The molecule has 2 aliphatic heterocycles. The first-order valence-electron chi connectivity index (χ1n) is 10.2. The van der Waals surface area contributed by atoms with E-state index in [1.54, 1.807) is 16.4 Å². The van der Waals surface area contributed by atoms with E-state index >= 15 is 0 Å². The Morgan fingerprint density at radius 3 is 2.19 bits per heavy atom. The first-order valence-corrected chi connectivity index (χ1v) is 11.6. The molecule has 2 heterocycles. The number of hydrogen-bond acceptors (Lipinski definition) is 4. The lowest BCUT2D eigenvalue weighted by molar-refractivity contribution is 0.0564. The highest BCUT2D eigenvalue weighted by molar-refractivity contribution is 7.89. The van der Waals surface area contributed by atoms with Crippen molar-refractivity contribution in [3.8, 4) is 0 Å². The molecule has 0 radical (unpaired) electrons. The summed E-state index contributed by atoms with van der Waals surface area (Å²) in [4.78, 5) is 0.418. The third kappa shape index (κ3) is 5.11. The lowest BCUT2D eigenvalue weighted by Gasteiger charge is -2.37. The van der Waals surface area contributed by atoms with E-state index in [-0.39, 0.29) is 11.5 Å². The standard InChI is InChI=1S/C21H34N2O3S/c1-21(2,3)18-4-6-20(7-5-18)27(24,25)23(19-8-12-22-13-9-19)16-17-10-14-26-15-11-17/h4-7,17,19,22H,8-16H2,1-3H3. The Kier molecular flexibility index (Phi) is 6.62. The van der Waals surface area contributed by atoms with Gasteiger partial charge in [0.1, 0.15) is 0 Å². The van der Waals surface area contributed by atoms with Gasteiger partial charge in [-0.25, -0.2) is 8.42 Å². The van der Waals surface area contributed by atoms with Gasteiger partial charge in [-0.1, -0.05) is 32.9 Å². The molecule has 1 N–H and O–H groups in total. The van der Waals surface area contributed by atoms with Crippen LogP contribution in [0.15, 0.2) is 29.2 Å². The molecule has 1 aromatic carbocycles. The quantitative estimate of drug-likeness (QED) is 0.833. The number of nitrogens with one attached hydrogen (secondary N) is 1. The maximum absolute atomic E-state index is 13.5. The molecule has 6 heteroatoms. The van der Waals surface area contributed by atoms with Crippen molar-refractivity contribution >= 4 is 10.0 Å². The minimum atomic E-state index is -3.50. The zero-order chi connectivity index (χ0) is 19.5. The minimum absolute atomic E-state index is 0.0130. The molecular weight excluding hydrogens is 360 g/mol. The van der Waals surface area contributed by atoms with Crippen molar-refractivity contribution in [2.24, 2.45) is 5.92 Å². The molecule has 5 nitrogen and oxygen atoms in total. The smallest absolute Gasteiger partial charge is 0.243 e.